The van der Waals surface area contributed by atoms with Crippen molar-refractivity contribution in [1.82, 2.24) is 4.90 Å². The first kappa shape index (κ1) is 15.3. The summed E-state index contributed by atoms with van der Waals surface area (Å²) in [5, 5.41) is 8.40. The van der Waals surface area contributed by atoms with Gasteiger partial charge >= 0.3 is 0 Å². The molecule has 0 bridgehead atoms. The number of amides is 1. The molecule has 0 saturated carbocycles. The predicted octanol–water partition coefficient (Wildman–Crippen LogP) is 2.53. The van der Waals surface area contributed by atoms with Gasteiger partial charge in [-0.1, -0.05) is 13.8 Å². The standard InChI is InChI=1S/C12H22N2OS/c1-11(2)5-9-16-10-6-12(15)14(3)8-4-7-13/h11H,4-6,8-10H2,1-3H3. The zero-order chi connectivity index (χ0) is 12.4. The molecule has 0 N–H and O–H groups in total. The quantitative estimate of drug-likeness (QED) is 0.614. The molecule has 0 atom stereocenters. The van der Waals surface area contributed by atoms with Crippen LogP contribution in [-0.2, 0) is 4.79 Å². The van der Waals surface area contributed by atoms with Gasteiger partial charge in [0, 0.05) is 25.8 Å². The Morgan fingerprint density at radius 3 is 2.69 bits per heavy atom. The minimum absolute atomic E-state index is 0.146. The van der Waals surface area contributed by atoms with Crippen molar-refractivity contribution in [1.29, 1.82) is 5.26 Å². The lowest BCUT2D eigenvalue weighted by Crippen LogP contribution is -2.27. The molecule has 0 rings (SSSR count). The number of nitriles is 1. The van der Waals surface area contributed by atoms with Crippen LogP contribution in [-0.4, -0.2) is 35.9 Å². The van der Waals surface area contributed by atoms with E-state index in [9.17, 15) is 4.79 Å². The molecule has 1 amide bonds. The van der Waals surface area contributed by atoms with Crippen LogP contribution in [0.3, 0.4) is 0 Å². The first-order chi connectivity index (χ1) is 7.57. The summed E-state index contributed by atoms with van der Waals surface area (Å²) in [4.78, 5) is 13.2. The highest BCUT2D eigenvalue weighted by atomic mass is 32.2. The van der Waals surface area contributed by atoms with E-state index in [1.54, 1.807) is 11.9 Å². The van der Waals surface area contributed by atoms with Crippen molar-refractivity contribution in [3.8, 4) is 6.07 Å². The molecule has 0 heterocycles. The largest absolute Gasteiger partial charge is 0.345 e. The molecule has 0 aliphatic rings. The van der Waals surface area contributed by atoms with Crippen molar-refractivity contribution in [2.24, 2.45) is 5.92 Å². The topological polar surface area (TPSA) is 44.1 Å². The van der Waals surface area contributed by atoms with E-state index in [1.165, 1.54) is 6.42 Å². The zero-order valence-electron chi connectivity index (χ0n) is 10.5. The summed E-state index contributed by atoms with van der Waals surface area (Å²) >= 11 is 1.84. The van der Waals surface area contributed by atoms with Crippen LogP contribution in [0, 0.1) is 17.2 Å². The lowest BCUT2D eigenvalue weighted by molar-refractivity contribution is -0.129. The molecular formula is C12H22N2OS. The average Bonchev–Trinajstić information content (AvgIpc) is 2.24. The van der Waals surface area contributed by atoms with Crippen LogP contribution in [0.15, 0.2) is 0 Å². The van der Waals surface area contributed by atoms with E-state index in [1.807, 2.05) is 17.8 Å². The van der Waals surface area contributed by atoms with Crippen molar-refractivity contribution in [3.63, 3.8) is 0 Å². The Morgan fingerprint density at radius 1 is 1.44 bits per heavy atom. The van der Waals surface area contributed by atoms with Gasteiger partial charge in [-0.25, -0.2) is 0 Å². The second kappa shape index (κ2) is 9.53. The fraction of sp³-hybridized carbons (Fsp3) is 0.833. The van der Waals surface area contributed by atoms with Crippen LogP contribution < -0.4 is 0 Å². The SMILES string of the molecule is CC(C)CCSCCC(=O)N(C)CCC#N. The molecule has 0 aromatic rings. The van der Waals surface area contributed by atoms with Crippen LogP contribution in [0.1, 0.15) is 33.1 Å². The summed E-state index contributed by atoms with van der Waals surface area (Å²) in [6.07, 6.45) is 2.22. The summed E-state index contributed by atoms with van der Waals surface area (Å²) in [5.41, 5.74) is 0. The molecule has 0 aliphatic heterocycles. The van der Waals surface area contributed by atoms with E-state index in [0.29, 0.717) is 19.4 Å². The third-order valence-corrected chi connectivity index (χ3v) is 3.30. The first-order valence-corrected chi connectivity index (χ1v) is 6.92. The lowest BCUT2D eigenvalue weighted by atomic mass is 10.2. The Kier molecular flexibility index (Phi) is 9.12. The Labute approximate surface area is 103 Å². The van der Waals surface area contributed by atoms with E-state index < -0.39 is 0 Å². The Hall–Kier alpha value is -0.690. The summed E-state index contributed by atoms with van der Waals surface area (Å²) in [6.45, 7) is 4.97. The summed E-state index contributed by atoms with van der Waals surface area (Å²) in [5.74, 6) is 2.91. The van der Waals surface area contributed by atoms with E-state index in [-0.39, 0.29) is 5.91 Å². The van der Waals surface area contributed by atoms with Gasteiger partial charge in [0.05, 0.1) is 12.5 Å². The molecule has 16 heavy (non-hydrogen) atoms. The minimum Gasteiger partial charge on any atom is -0.345 e. The van der Waals surface area contributed by atoms with E-state index >= 15 is 0 Å². The van der Waals surface area contributed by atoms with Crippen molar-refractivity contribution >= 4 is 17.7 Å². The van der Waals surface area contributed by atoms with Crippen molar-refractivity contribution in [2.45, 2.75) is 33.1 Å². The average molecular weight is 242 g/mol. The van der Waals surface area contributed by atoms with Gasteiger partial charge in [-0.2, -0.15) is 17.0 Å². The van der Waals surface area contributed by atoms with Crippen molar-refractivity contribution in [2.75, 3.05) is 25.1 Å². The zero-order valence-corrected chi connectivity index (χ0v) is 11.3. The number of nitrogens with zero attached hydrogens (tertiary/aromatic N) is 2. The molecule has 3 nitrogen and oxygen atoms in total. The minimum atomic E-state index is 0.146. The summed E-state index contributed by atoms with van der Waals surface area (Å²) in [7, 11) is 1.76. The van der Waals surface area contributed by atoms with Crippen LogP contribution >= 0.6 is 11.8 Å². The Balaban J connectivity index is 3.46. The molecular weight excluding hydrogens is 220 g/mol. The molecule has 0 aliphatic carbocycles. The molecule has 0 fully saturated rings. The second-order valence-electron chi connectivity index (χ2n) is 4.27. The van der Waals surface area contributed by atoms with Gasteiger partial charge in [0.1, 0.15) is 0 Å². The molecule has 4 heteroatoms. The molecule has 0 saturated heterocycles. The van der Waals surface area contributed by atoms with Gasteiger partial charge in [0.15, 0.2) is 0 Å². The van der Waals surface area contributed by atoms with Crippen LogP contribution in [0.25, 0.3) is 0 Å². The number of rotatable bonds is 8. The molecule has 92 valence electrons. The third-order valence-electron chi connectivity index (χ3n) is 2.28. The van der Waals surface area contributed by atoms with Crippen LogP contribution in [0.5, 0.6) is 0 Å². The highest BCUT2D eigenvalue weighted by molar-refractivity contribution is 7.99. The van der Waals surface area contributed by atoms with E-state index in [4.69, 9.17) is 5.26 Å². The first-order valence-electron chi connectivity index (χ1n) is 5.76. The van der Waals surface area contributed by atoms with Gasteiger partial charge in [0.2, 0.25) is 5.91 Å². The number of carbonyl (C=O) groups is 1. The van der Waals surface area contributed by atoms with Gasteiger partial charge in [0.25, 0.3) is 0 Å². The monoisotopic (exact) mass is 242 g/mol. The molecule has 0 spiro atoms. The molecule has 0 aromatic carbocycles. The van der Waals surface area contributed by atoms with Crippen LogP contribution in [0.2, 0.25) is 0 Å². The van der Waals surface area contributed by atoms with Crippen LogP contribution in [0.4, 0.5) is 0 Å². The highest BCUT2D eigenvalue weighted by Crippen LogP contribution is 2.10. The maximum atomic E-state index is 11.5. The lowest BCUT2D eigenvalue weighted by Gasteiger charge is -2.15. The fourth-order valence-electron chi connectivity index (χ4n) is 1.11. The van der Waals surface area contributed by atoms with E-state index in [2.05, 4.69) is 13.8 Å². The Bertz CT molecular complexity index is 236. The molecule has 0 unspecified atom stereocenters. The number of hydrogen-bond acceptors (Lipinski definition) is 3. The normalized spacial score (nSPS) is 10.2. The maximum absolute atomic E-state index is 11.5. The van der Waals surface area contributed by atoms with Gasteiger partial charge in [-0.05, 0) is 18.1 Å². The fourth-order valence-corrected chi connectivity index (χ4v) is 2.27. The molecule has 0 radical (unpaired) electrons. The summed E-state index contributed by atoms with van der Waals surface area (Å²) in [6, 6.07) is 2.04. The molecule has 0 aromatic heterocycles. The van der Waals surface area contributed by atoms with Gasteiger partial charge in [-0.15, -0.1) is 0 Å². The van der Waals surface area contributed by atoms with E-state index in [0.717, 1.165) is 17.4 Å². The number of thioether (sulfide) groups is 1. The highest BCUT2D eigenvalue weighted by Gasteiger charge is 2.07. The Morgan fingerprint density at radius 2 is 2.12 bits per heavy atom. The van der Waals surface area contributed by atoms with Crippen molar-refractivity contribution < 1.29 is 4.79 Å². The third kappa shape index (κ3) is 8.60. The maximum Gasteiger partial charge on any atom is 0.223 e. The van der Waals surface area contributed by atoms with Gasteiger partial charge in [-0.3, -0.25) is 4.79 Å². The number of carbonyl (C=O) groups excluding carboxylic acids is 1. The smallest absolute Gasteiger partial charge is 0.223 e. The van der Waals surface area contributed by atoms with Crippen molar-refractivity contribution in [3.05, 3.63) is 0 Å². The van der Waals surface area contributed by atoms with Gasteiger partial charge < -0.3 is 4.90 Å². The number of hydrogen-bond donors (Lipinski definition) is 0. The predicted molar refractivity (Wildman–Crippen MR) is 69.3 cm³/mol. The summed E-state index contributed by atoms with van der Waals surface area (Å²) < 4.78 is 0. The second-order valence-corrected chi connectivity index (χ2v) is 5.49.